The molecule has 1 amide bonds. The Labute approximate surface area is 139 Å². The van der Waals surface area contributed by atoms with Gasteiger partial charge >= 0.3 is 0 Å². The van der Waals surface area contributed by atoms with Gasteiger partial charge in [0.15, 0.2) is 0 Å². The topological polar surface area (TPSA) is 54.4 Å². The van der Waals surface area contributed by atoms with Crippen LogP contribution in [0.25, 0.3) is 11.3 Å². The van der Waals surface area contributed by atoms with Crippen molar-refractivity contribution in [3.8, 4) is 11.3 Å². The number of allylic oxidation sites excluding steroid dienone is 2. The Balaban J connectivity index is 1.34. The van der Waals surface area contributed by atoms with Crippen molar-refractivity contribution in [1.29, 1.82) is 0 Å². The number of thiazole rings is 1. The number of fused-ring (bicyclic) bond motifs is 1. The van der Waals surface area contributed by atoms with Gasteiger partial charge in [-0.25, -0.2) is 10.4 Å². The third kappa shape index (κ3) is 2.97. The van der Waals surface area contributed by atoms with E-state index in [1.165, 1.54) is 11.3 Å². The molecule has 4 nitrogen and oxygen atoms in total. The molecule has 0 unspecified atom stereocenters. The lowest BCUT2D eigenvalue weighted by molar-refractivity contribution is -0.120. The second kappa shape index (κ2) is 6.08. The van der Waals surface area contributed by atoms with E-state index in [4.69, 9.17) is 0 Å². The average Bonchev–Trinajstić information content (AvgIpc) is 3.16. The van der Waals surface area contributed by atoms with Crippen molar-refractivity contribution >= 4 is 23.0 Å². The van der Waals surface area contributed by atoms with Crippen LogP contribution in [-0.4, -0.2) is 16.6 Å². The molecule has 2 atom stereocenters. The normalized spacial score (nSPS) is 23.6. The SMILES string of the molecule is O=C(Cc1nc(-c2ccccc2)cs1)N/N=C1/C[C@H]2C=CC[C@H]12. The molecular weight excluding hydrogens is 306 g/mol. The summed E-state index contributed by atoms with van der Waals surface area (Å²) in [6.07, 6.45) is 6.79. The van der Waals surface area contributed by atoms with Crippen LogP contribution in [0, 0.1) is 11.8 Å². The van der Waals surface area contributed by atoms with Gasteiger partial charge in [-0.05, 0) is 18.8 Å². The Morgan fingerprint density at radius 3 is 3.04 bits per heavy atom. The molecule has 23 heavy (non-hydrogen) atoms. The minimum atomic E-state index is -0.0964. The fourth-order valence-electron chi connectivity index (χ4n) is 3.11. The largest absolute Gasteiger partial charge is 0.273 e. The van der Waals surface area contributed by atoms with Crippen molar-refractivity contribution in [2.45, 2.75) is 19.3 Å². The Bertz CT molecular complexity index is 779. The molecule has 0 aliphatic heterocycles. The van der Waals surface area contributed by atoms with E-state index < -0.39 is 0 Å². The number of carbonyl (C=O) groups excluding carboxylic acids is 1. The van der Waals surface area contributed by atoms with Crippen LogP contribution in [0.4, 0.5) is 0 Å². The van der Waals surface area contributed by atoms with E-state index in [1.807, 2.05) is 35.7 Å². The third-order valence-corrected chi connectivity index (χ3v) is 5.27. The van der Waals surface area contributed by atoms with E-state index in [0.717, 1.165) is 34.8 Å². The Morgan fingerprint density at radius 1 is 1.35 bits per heavy atom. The molecule has 0 spiro atoms. The first-order valence-electron chi connectivity index (χ1n) is 7.81. The number of aromatic nitrogens is 1. The molecule has 0 bridgehead atoms. The van der Waals surface area contributed by atoms with Gasteiger partial charge in [-0.3, -0.25) is 4.79 Å². The van der Waals surface area contributed by atoms with Gasteiger partial charge in [0.1, 0.15) is 5.01 Å². The van der Waals surface area contributed by atoms with Crippen LogP contribution in [0.15, 0.2) is 53.0 Å². The molecule has 1 saturated carbocycles. The highest BCUT2D eigenvalue weighted by Crippen LogP contribution is 2.40. The van der Waals surface area contributed by atoms with Gasteiger partial charge < -0.3 is 0 Å². The maximum absolute atomic E-state index is 12.0. The molecule has 2 aliphatic carbocycles. The molecule has 0 radical (unpaired) electrons. The van der Waals surface area contributed by atoms with E-state index in [9.17, 15) is 4.79 Å². The first-order valence-corrected chi connectivity index (χ1v) is 8.69. The summed E-state index contributed by atoms with van der Waals surface area (Å²) in [7, 11) is 0. The summed E-state index contributed by atoms with van der Waals surface area (Å²) in [6.45, 7) is 0. The Hall–Kier alpha value is -2.27. The summed E-state index contributed by atoms with van der Waals surface area (Å²) in [4.78, 5) is 16.6. The van der Waals surface area contributed by atoms with Crippen LogP contribution in [0.3, 0.4) is 0 Å². The van der Waals surface area contributed by atoms with Gasteiger partial charge in [0.25, 0.3) is 0 Å². The molecule has 1 aromatic carbocycles. The first kappa shape index (κ1) is 14.3. The second-order valence-corrected chi connectivity index (χ2v) is 6.89. The van der Waals surface area contributed by atoms with Crippen LogP contribution >= 0.6 is 11.3 Å². The average molecular weight is 323 g/mol. The summed E-state index contributed by atoms with van der Waals surface area (Å²) >= 11 is 1.51. The molecule has 116 valence electrons. The molecule has 0 saturated heterocycles. The van der Waals surface area contributed by atoms with Gasteiger partial charge in [0.05, 0.1) is 12.1 Å². The maximum atomic E-state index is 12.0. The van der Waals surface area contributed by atoms with Crippen molar-refractivity contribution in [1.82, 2.24) is 10.4 Å². The lowest BCUT2D eigenvalue weighted by Crippen LogP contribution is -2.35. The van der Waals surface area contributed by atoms with E-state index >= 15 is 0 Å². The predicted octanol–water partition coefficient (Wildman–Crippen LogP) is 3.42. The number of hydrogen-bond acceptors (Lipinski definition) is 4. The fourth-order valence-corrected chi connectivity index (χ4v) is 3.91. The van der Waals surface area contributed by atoms with Gasteiger partial charge in [0.2, 0.25) is 5.91 Å². The lowest BCUT2D eigenvalue weighted by Gasteiger charge is -2.31. The van der Waals surface area contributed by atoms with Gasteiger partial charge in [-0.15, -0.1) is 11.3 Å². The fraction of sp³-hybridized carbons (Fsp3) is 0.278. The molecule has 1 heterocycles. The number of benzene rings is 1. The third-order valence-electron chi connectivity index (χ3n) is 4.42. The van der Waals surface area contributed by atoms with Crippen LogP contribution in [0.5, 0.6) is 0 Å². The minimum Gasteiger partial charge on any atom is -0.273 e. The molecule has 2 aromatic rings. The van der Waals surface area contributed by atoms with Crippen molar-refractivity contribution in [3.63, 3.8) is 0 Å². The first-order chi connectivity index (χ1) is 11.3. The lowest BCUT2D eigenvalue weighted by atomic mass is 9.74. The maximum Gasteiger partial charge on any atom is 0.246 e. The Morgan fingerprint density at radius 2 is 2.22 bits per heavy atom. The van der Waals surface area contributed by atoms with Crippen LogP contribution in [-0.2, 0) is 11.2 Å². The smallest absolute Gasteiger partial charge is 0.246 e. The van der Waals surface area contributed by atoms with Crippen LogP contribution in [0.2, 0.25) is 0 Å². The second-order valence-electron chi connectivity index (χ2n) is 5.95. The van der Waals surface area contributed by atoms with E-state index in [-0.39, 0.29) is 12.3 Å². The highest BCUT2D eigenvalue weighted by atomic mass is 32.1. The number of hydrazone groups is 1. The predicted molar refractivity (Wildman–Crippen MR) is 92.2 cm³/mol. The number of nitrogens with one attached hydrogen (secondary N) is 1. The summed E-state index contributed by atoms with van der Waals surface area (Å²) in [5.74, 6) is 1.08. The number of amides is 1. The van der Waals surface area contributed by atoms with E-state index in [1.54, 1.807) is 0 Å². The molecular formula is C18H17N3OS. The van der Waals surface area contributed by atoms with E-state index in [2.05, 4.69) is 27.7 Å². The molecule has 1 N–H and O–H groups in total. The highest BCUT2D eigenvalue weighted by molar-refractivity contribution is 7.10. The van der Waals surface area contributed by atoms with Crippen molar-refractivity contribution < 1.29 is 4.79 Å². The zero-order valence-electron chi connectivity index (χ0n) is 12.6. The summed E-state index contributed by atoms with van der Waals surface area (Å²) < 4.78 is 0. The standard InChI is InChI=1S/C18H17N3OS/c22-17(21-20-15-9-13-7-4-8-14(13)15)10-18-19-16(11-23-18)12-5-2-1-3-6-12/h1-7,11,13-14H,8-10H2,(H,21,22)/b20-15-/t13-,14+/m1/s1. The zero-order valence-corrected chi connectivity index (χ0v) is 13.4. The molecule has 2 aliphatic rings. The molecule has 1 fully saturated rings. The summed E-state index contributed by atoms with van der Waals surface area (Å²) in [6, 6.07) is 10.00. The zero-order chi connectivity index (χ0) is 15.6. The quantitative estimate of drug-likeness (QED) is 0.692. The van der Waals surface area contributed by atoms with Crippen molar-refractivity contribution in [2.75, 3.05) is 0 Å². The molecule has 1 aromatic heterocycles. The minimum absolute atomic E-state index is 0.0964. The number of carbonyl (C=O) groups is 1. The van der Waals surface area contributed by atoms with E-state index in [0.29, 0.717) is 11.8 Å². The van der Waals surface area contributed by atoms with Crippen molar-refractivity contribution in [3.05, 3.63) is 52.9 Å². The van der Waals surface area contributed by atoms with Crippen LogP contribution in [0.1, 0.15) is 17.8 Å². The Kier molecular flexibility index (Phi) is 3.79. The monoisotopic (exact) mass is 323 g/mol. The molecule has 5 heteroatoms. The highest BCUT2D eigenvalue weighted by Gasteiger charge is 2.37. The number of hydrogen-bond donors (Lipinski definition) is 1. The summed E-state index contributed by atoms with van der Waals surface area (Å²) in [5.41, 5.74) is 5.80. The number of rotatable bonds is 4. The molecule has 4 rings (SSSR count). The van der Waals surface area contributed by atoms with Gasteiger partial charge in [0, 0.05) is 22.6 Å². The van der Waals surface area contributed by atoms with Gasteiger partial charge in [-0.2, -0.15) is 5.10 Å². The van der Waals surface area contributed by atoms with Gasteiger partial charge in [-0.1, -0.05) is 42.5 Å². The number of nitrogens with zero attached hydrogens (tertiary/aromatic N) is 2. The summed E-state index contributed by atoms with van der Waals surface area (Å²) in [5, 5.41) is 7.09. The van der Waals surface area contributed by atoms with Crippen LogP contribution < -0.4 is 5.43 Å². The van der Waals surface area contributed by atoms with Crippen molar-refractivity contribution in [2.24, 2.45) is 16.9 Å².